The molecule has 0 bridgehead atoms. The molecule has 3 heteroatoms. The second-order valence-electron chi connectivity index (χ2n) is 16.5. The second-order valence-corrected chi connectivity index (χ2v) is 17.5. The lowest BCUT2D eigenvalue weighted by molar-refractivity contribution is 1.01. The minimum Gasteiger partial charge on any atom is -0.310 e. The van der Waals surface area contributed by atoms with Crippen LogP contribution in [-0.2, 0) is 0 Å². The predicted octanol–water partition coefficient (Wildman–Crippen LogP) is 16.6. The normalized spacial score (nSPS) is 13.3. The Hall–Kier alpha value is -7.72. The highest BCUT2D eigenvalue weighted by Crippen LogP contribution is 2.50. The summed E-state index contributed by atoms with van der Waals surface area (Å²) in [5.41, 5.74) is 16.0. The van der Waals surface area contributed by atoms with E-state index in [1.807, 2.05) is 11.3 Å². The van der Waals surface area contributed by atoms with Gasteiger partial charge in [-0.2, -0.15) is 0 Å². The summed E-state index contributed by atoms with van der Waals surface area (Å²) in [6.07, 6.45) is 0. The third-order valence-corrected chi connectivity index (χ3v) is 14.1. The van der Waals surface area contributed by atoms with Crippen molar-refractivity contribution in [3.8, 4) is 27.9 Å². The highest BCUT2D eigenvalue weighted by Gasteiger charge is 2.31. The lowest BCUT2D eigenvalue weighted by Gasteiger charge is -2.27. The fourth-order valence-electron chi connectivity index (χ4n) is 10.3. The quantitative estimate of drug-likeness (QED) is 0.162. The van der Waals surface area contributed by atoms with Gasteiger partial charge in [0, 0.05) is 59.6 Å². The third-order valence-electron chi connectivity index (χ3n) is 13.0. The van der Waals surface area contributed by atoms with E-state index in [4.69, 9.17) is 0 Å². The molecule has 0 saturated carbocycles. The smallest absolute Gasteiger partial charge is 0.0547 e. The molecule has 13 rings (SSSR count). The van der Waals surface area contributed by atoms with Crippen LogP contribution in [0, 0.1) is 0 Å². The summed E-state index contributed by atoms with van der Waals surface area (Å²) >= 11 is 1.88. The summed E-state index contributed by atoms with van der Waals surface area (Å²) in [5, 5.41) is 7.73. The number of hydrogen-bond donors (Lipinski definition) is 0. The molecule has 10 aromatic carbocycles. The summed E-state index contributed by atoms with van der Waals surface area (Å²) in [6, 6.07) is 82.9. The van der Waals surface area contributed by atoms with Crippen LogP contribution in [-0.4, -0.2) is 4.57 Å². The van der Waals surface area contributed by atoms with Crippen molar-refractivity contribution in [3.05, 3.63) is 241 Å². The Balaban J connectivity index is 0.995. The molecule has 2 nitrogen and oxygen atoms in total. The van der Waals surface area contributed by atoms with Crippen LogP contribution in [0.25, 0.3) is 80.7 Å². The first kappa shape index (κ1) is 35.1. The Kier molecular flexibility index (Phi) is 7.88. The van der Waals surface area contributed by atoms with Gasteiger partial charge in [-0.25, -0.2) is 0 Å². The maximum Gasteiger partial charge on any atom is 0.0547 e. The number of benzene rings is 10. The van der Waals surface area contributed by atoms with Gasteiger partial charge in [0.05, 0.1) is 11.0 Å². The largest absolute Gasteiger partial charge is 0.310 e. The molecular formula is C59H38N2S. The Morgan fingerprint density at radius 1 is 0.387 bits per heavy atom. The van der Waals surface area contributed by atoms with Crippen LogP contribution in [0.5, 0.6) is 0 Å². The lowest BCUT2D eigenvalue weighted by Crippen LogP contribution is -2.10. The molecular weight excluding hydrogens is 769 g/mol. The minimum atomic E-state index is 0.168. The monoisotopic (exact) mass is 806 g/mol. The Labute approximate surface area is 363 Å². The van der Waals surface area contributed by atoms with Gasteiger partial charge >= 0.3 is 0 Å². The average Bonchev–Trinajstić information content (AvgIpc) is 3.99. The van der Waals surface area contributed by atoms with Crippen LogP contribution < -0.4 is 4.90 Å². The van der Waals surface area contributed by atoms with Crippen LogP contribution in [0.3, 0.4) is 0 Å². The maximum absolute atomic E-state index is 2.45. The average molecular weight is 807 g/mol. The maximum atomic E-state index is 2.45. The standard InChI is InChI=1S/C59H38N2S/c1-4-15-38(16-5-1)58-49-25-11-10-23-46(49)47-30-29-45(36-52(47)58)60(42-18-6-2-7-19-42)44-22-14-17-39(33-44)40-27-31-54-53(34-40)59-50-37-51-48-24-12-13-26-56(48)62-57(51)35-41(50)28-32-55(59)61(54)43-20-8-3-9-21-43/h1-37,58H. The first-order chi connectivity index (χ1) is 30.7. The number of fused-ring (bicyclic) bond motifs is 11. The number of nitrogens with zero attached hydrogens (tertiary/aromatic N) is 2. The fraction of sp³-hybridized carbons (Fsp3) is 0.0169. The molecule has 2 aromatic heterocycles. The van der Waals surface area contributed by atoms with E-state index in [-0.39, 0.29) is 5.92 Å². The van der Waals surface area contributed by atoms with Gasteiger partial charge in [-0.3, -0.25) is 0 Å². The van der Waals surface area contributed by atoms with Gasteiger partial charge in [0.15, 0.2) is 0 Å². The summed E-state index contributed by atoms with van der Waals surface area (Å²) in [4.78, 5) is 2.42. The van der Waals surface area contributed by atoms with Crippen molar-refractivity contribution < 1.29 is 0 Å². The second kappa shape index (κ2) is 13.9. The molecule has 0 fully saturated rings. The number of hydrogen-bond acceptors (Lipinski definition) is 2. The molecule has 0 saturated heterocycles. The van der Waals surface area contributed by atoms with Crippen LogP contribution >= 0.6 is 11.3 Å². The van der Waals surface area contributed by atoms with E-state index in [2.05, 4.69) is 234 Å². The zero-order valence-corrected chi connectivity index (χ0v) is 34.6. The molecule has 12 aromatic rings. The van der Waals surface area contributed by atoms with E-state index in [0.29, 0.717) is 0 Å². The first-order valence-corrected chi connectivity index (χ1v) is 22.2. The summed E-state index contributed by atoms with van der Waals surface area (Å²) in [6.45, 7) is 0. The molecule has 1 unspecified atom stereocenters. The van der Waals surface area contributed by atoms with Gasteiger partial charge in [-0.15, -0.1) is 11.3 Å². The highest BCUT2D eigenvalue weighted by molar-refractivity contribution is 7.25. The summed E-state index contributed by atoms with van der Waals surface area (Å²) in [5.74, 6) is 0.168. The minimum absolute atomic E-state index is 0.168. The molecule has 62 heavy (non-hydrogen) atoms. The van der Waals surface area contributed by atoms with Crippen molar-refractivity contribution in [2.24, 2.45) is 0 Å². The van der Waals surface area contributed by atoms with Crippen LogP contribution in [0.15, 0.2) is 224 Å². The van der Waals surface area contributed by atoms with E-state index >= 15 is 0 Å². The fourth-order valence-corrected chi connectivity index (χ4v) is 11.4. The lowest BCUT2D eigenvalue weighted by atomic mass is 9.89. The number of aromatic nitrogens is 1. The molecule has 0 amide bonds. The topological polar surface area (TPSA) is 8.17 Å². The number of rotatable bonds is 6. The van der Waals surface area contributed by atoms with Gasteiger partial charge in [0.2, 0.25) is 0 Å². The zero-order valence-electron chi connectivity index (χ0n) is 33.7. The van der Waals surface area contributed by atoms with Crippen LogP contribution in [0.4, 0.5) is 17.1 Å². The van der Waals surface area contributed by atoms with Crippen molar-refractivity contribution in [1.29, 1.82) is 0 Å². The Morgan fingerprint density at radius 3 is 1.95 bits per heavy atom. The molecule has 290 valence electrons. The zero-order chi connectivity index (χ0) is 40.7. The molecule has 1 atom stereocenters. The van der Waals surface area contributed by atoms with E-state index in [9.17, 15) is 0 Å². The van der Waals surface area contributed by atoms with Crippen molar-refractivity contribution in [1.82, 2.24) is 4.57 Å². The molecule has 2 heterocycles. The van der Waals surface area contributed by atoms with Gasteiger partial charge in [-0.1, -0.05) is 140 Å². The van der Waals surface area contributed by atoms with Crippen LogP contribution in [0.1, 0.15) is 22.6 Å². The number of thiophene rings is 1. The van der Waals surface area contributed by atoms with Gasteiger partial charge in [0.1, 0.15) is 0 Å². The first-order valence-electron chi connectivity index (χ1n) is 21.4. The molecule has 0 aliphatic heterocycles. The number of para-hydroxylation sites is 2. The van der Waals surface area contributed by atoms with E-state index in [1.54, 1.807) is 0 Å². The molecule has 1 aliphatic rings. The highest BCUT2D eigenvalue weighted by atomic mass is 32.1. The SMILES string of the molecule is c1ccc(C2c3ccccc3-c3ccc(N(c4ccccc4)c4cccc(-c5ccc6c(c5)c5c7cc8c(cc7ccc5n6-c5ccccc5)sc5ccccc58)c4)cc32)cc1. The summed E-state index contributed by atoms with van der Waals surface area (Å²) in [7, 11) is 0. The van der Waals surface area contributed by atoms with Gasteiger partial charge in [-0.05, 0) is 135 Å². The molecule has 1 aliphatic carbocycles. The predicted molar refractivity (Wildman–Crippen MR) is 264 cm³/mol. The molecule has 0 radical (unpaired) electrons. The summed E-state index contributed by atoms with van der Waals surface area (Å²) < 4.78 is 5.09. The molecule has 0 N–H and O–H groups in total. The van der Waals surface area contributed by atoms with Gasteiger partial charge < -0.3 is 9.47 Å². The van der Waals surface area contributed by atoms with Crippen molar-refractivity contribution in [2.45, 2.75) is 5.92 Å². The van der Waals surface area contributed by atoms with E-state index in [1.165, 1.54) is 91.7 Å². The molecule has 0 spiro atoms. The third kappa shape index (κ3) is 5.42. The van der Waals surface area contributed by atoms with E-state index in [0.717, 1.165) is 22.7 Å². The van der Waals surface area contributed by atoms with Gasteiger partial charge in [0.25, 0.3) is 0 Å². The van der Waals surface area contributed by atoms with Crippen molar-refractivity contribution >= 4 is 81.1 Å². The van der Waals surface area contributed by atoms with Crippen molar-refractivity contribution in [3.63, 3.8) is 0 Å². The van der Waals surface area contributed by atoms with Crippen LogP contribution in [0.2, 0.25) is 0 Å². The Morgan fingerprint density at radius 2 is 1.08 bits per heavy atom. The van der Waals surface area contributed by atoms with Crippen molar-refractivity contribution in [2.75, 3.05) is 4.90 Å². The Bertz CT molecular complexity index is 3690. The number of anilines is 3. The van der Waals surface area contributed by atoms with E-state index < -0.39 is 0 Å².